The zero-order chi connectivity index (χ0) is 10.1. The summed E-state index contributed by atoms with van der Waals surface area (Å²) in [6.45, 7) is 2.12. The van der Waals surface area contributed by atoms with Gasteiger partial charge in [0.2, 0.25) is 0 Å². The molecule has 2 fully saturated rings. The van der Waals surface area contributed by atoms with E-state index in [1.54, 1.807) is 0 Å². The smallest absolute Gasteiger partial charge is 0.0962 e. The summed E-state index contributed by atoms with van der Waals surface area (Å²) in [5, 5.41) is 13.6. The molecule has 0 radical (unpaired) electrons. The molecule has 1 aliphatic carbocycles. The second-order valence-corrected chi connectivity index (χ2v) is 5.03. The highest BCUT2D eigenvalue weighted by molar-refractivity contribution is 5.08. The highest BCUT2D eigenvalue weighted by atomic mass is 16.3. The van der Waals surface area contributed by atoms with Crippen molar-refractivity contribution in [2.45, 2.75) is 44.1 Å². The molecular weight excluding hydrogens is 176 g/mol. The van der Waals surface area contributed by atoms with Crippen molar-refractivity contribution in [1.82, 2.24) is 5.32 Å². The molecule has 3 heteroatoms. The minimum Gasteiger partial charge on any atom is -0.387 e. The number of hydrogen-bond acceptors (Lipinski definition) is 3. The molecule has 3 nitrogen and oxygen atoms in total. The second kappa shape index (κ2) is 3.80. The van der Waals surface area contributed by atoms with Crippen LogP contribution in [-0.2, 0) is 0 Å². The van der Waals surface area contributed by atoms with Crippen LogP contribution in [0.1, 0.15) is 38.5 Å². The predicted octanol–water partition coefficient (Wildman–Crippen LogP) is 0.620. The van der Waals surface area contributed by atoms with Crippen molar-refractivity contribution < 1.29 is 5.11 Å². The molecular formula is C11H22N2O. The van der Waals surface area contributed by atoms with Gasteiger partial charge in [0.1, 0.15) is 0 Å². The molecule has 82 valence electrons. The minimum atomic E-state index is -0.508. The van der Waals surface area contributed by atoms with Gasteiger partial charge in [-0.3, -0.25) is 0 Å². The van der Waals surface area contributed by atoms with Crippen molar-refractivity contribution in [2.75, 3.05) is 19.6 Å². The summed E-state index contributed by atoms with van der Waals surface area (Å²) in [6, 6.07) is 0. The van der Waals surface area contributed by atoms with Gasteiger partial charge in [0.05, 0.1) is 5.60 Å². The lowest BCUT2D eigenvalue weighted by Crippen LogP contribution is -2.70. The van der Waals surface area contributed by atoms with Crippen molar-refractivity contribution >= 4 is 0 Å². The maximum absolute atomic E-state index is 10.5. The first-order valence-electron chi connectivity index (χ1n) is 5.86. The Balaban J connectivity index is 2.13. The molecule has 0 aromatic carbocycles. The van der Waals surface area contributed by atoms with Crippen LogP contribution in [0, 0.1) is 5.41 Å². The fourth-order valence-electron chi connectivity index (χ4n) is 3.00. The number of rotatable bonds is 2. The summed E-state index contributed by atoms with van der Waals surface area (Å²) in [4.78, 5) is 0. The van der Waals surface area contributed by atoms with Gasteiger partial charge in [0.25, 0.3) is 0 Å². The van der Waals surface area contributed by atoms with Crippen molar-refractivity contribution in [3.63, 3.8) is 0 Å². The van der Waals surface area contributed by atoms with Gasteiger partial charge >= 0.3 is 0 Å². The van der Waals surface area contributed by atoms with E-state index >= 15 is 0 Å². The van der Waals surface area contributed by atoms with E-state index in [4.69, 9.17) is 5.73 Å². The molecule has 0 aromatic heterocycles. The first-order chi connectivity index (χ1) is 6.72. The van der Waals surface area contributed by atoms with Crippen molar-refractivity contribution in [3.8, 4) is 0 Å². The summed E-state index contributed by atoms with van der Waals surface area (Å²) < 4.78 is 0. The Morgan fingerprint density at radius 1 is 1.07 bits per heavy atom. The van der Waals surface area contributed by atoms with E-state index in [-0.39, 0.29) is 5.41 Å². The zero-order valence-corrected chi connectivity index (χ0v) is 8.89. The average molecular weight is 198 g/mol. The Morgan fingerprint density at radius 3 is 2.00 bits per heavy atom. The van der Waals surface area contributed by atoms with Crippen LogP contribution in [0.25, 0.3) is 0 Å². The maximum atomic E-state index is 10.5. The quantitative estimate of drug-likeness (QED) is 0.570. The lowest BCUT2D eigenvalue weighted by Gasteiger charge is -2.52. The lowest BCUT2D eigenvalue weighted by atomic mass is 9.64. The molecule has 0 atom stereocenters. The van der Waals surface area contributed by atoms with E-state index in [2.05, 4.69) is 5.32 Å². The van der Waals surface area contributed by atoms with Crippen LogP contribution in [0.5, 0.6) is 0 Å². The van der Waals surface area contributed by atoms with Crippen LogP contribution >= 0.6 is 0 Å². The topological polar surface area (TPSA) is 58.3 Å². The highest BCUT2D eigenvalue weighted by Crippen LogP contribution is 2.44. The van der Waals surface area contributed by atoms with E-state index in [0.717, 1.165) is 25.9 Å². The Bertz CT molecular complexity index is 193. The largest absolute Gasteiger partial charge is 0.387 e. The van der Waals surface area contributed by atoms with Crippen LogP contribution < -0.4 is 11.1 Å². The van der Waals surface area contributed by atoms with Gasteiger partial charge in [-0.05, 0) is 12.8 Å². The van der Waals surface area contributed by atoms with Gasteiger partial charge in [-0.1, -0.05) is 25.7 Å². The van der Waals surface area contributed by atoms with Gasteiger partial charge in [-0.2, -0.15) is 0 Å². The molecule has 2 rings (SSSR count). The second-order valence-electron chi connectivity index (χ2n) is 5.03. The molecule has 1 saturated carbocycles. The van der Waals surface area contributed by atoms with E-state index in [1.165, 1.54) is 25.7 Å². The van der Waals surface area contributed by atoms with Crippen molar-refractivity contribution in [3.05, 3.63) is 0 Å². The number of hydrogen-bond donors (Lipinski definition) is 3. The third-order valence-corrected chi connectivity index (χ3v) is 4.27. The fourth-order valence-corrected chi connectivity index (χ4v) is 3.00. The highest BCUT2D eigenvalue weighted by Gasteiger charge is 2.52. The third-order valence-electron chi connectivity index (χ3n) is 4.27. The predicted molar refractivity (Wildman–Crippen MR) is 57.0 cm³/mol. The van der Waals surface area contributed by atoms with Gasteiger partial charge in [0, 0.05) is 25.0 Å². The van der Waals surface area contributed by atoms with E-state index < -0.39 is 5.60 Å². The summed E-state index contributed by atoms with van der Waals surface area (Å²) in [7, 11) is 0. The SMILES string of the molecule is NCC1(C2(O)CNC2)CCCCCC1. The number of aliphatic hydroxyl groups is 1. The van der Waals surface area contributed by atoms with E-state index in [1.807, 2.05) is 0 Å². The Morgan fingerprint density at radius 2 is 1.64 bits per heavy atom. The zero-order valence-electron chi connectivity index (χ0n) is 8.89. The molecule has 1 saturated heterocycles. The van der Waals surface area contributed by atoms with Gasteiger partial charge in [-0.25, -0.2) is 0 Å². The van der Waals surface area contributed by atoms with E-state index in [9.17, 15) is 5.11 Å². The summed E-state index contributed by atoms with van der Waals surface area (Å²) >= 11 is 0. The fraction of sp³-hybridized carbons (Fsp3) is 1.00. The summed E-state index contributed by atoms with van der Waals surface area (Å²) in [5.74, 6) is 0. The standard InChI is InChI=1S/C11H22N2O/c12-7-10(11(14)8-13-9-11)5-3-1-2-4-6-10/h13-14H,1-9,12H2. The number of nitrogens with one attached hydrogen (secondary N) is 1. The number of β-amino-alcohol motifs (C(OH)–C–C–N with tert-alkyl or cyclic N) is 1. The van der Waals surface area contributed by atoms with Crippen LogP contribution in [0.2, 0.25) is 0 Å². The summed E-state index contributed by atoms with van der Waals surface area (Å²) in [5.41, 5.74) is 5.42. The van der Waals surface area contributed by atoms with Gasteiger partial charge in [-0.15, -0.1) is 0 Å². The molecule has 0 spiro atoms. The monoisotopic (exact) mass is 198 g/mol. The first kappa shape index (κ1) is 10.4. The molecule has 0 amide bonds. The molecule has 4 N–H and O–H groups in total. The van der Waals surface area contributed by atoms with E-state index in [0.29, 0.717) is 6.54 Å². The summed E-state index contributed by atoms with van der Waals surface area (Å²) in [6.07, 6.45) is 7.32. The normalized spacial score (nSPS) is 30.4. The molecule has 0 unspecified atom stereocenters. The molecule has 0 aromatic rings. The van der Waals surface area contributed by atoms with Gasteiger partial charge in [0.15, 0.2) is 0 Å². The van der Waals surface area contributed by atoms with Crippen molar-refractivity contribution in [1.29, 1.82) is 0 Å². The van der Waals surface area contributed by atoms with Crippen LogP contribution in [0.3, 0.4) is 0 Å². The molecule has 1 aliphatic heterocycles. The van der Waals surface area contributed by atoms with Gasteiger partial charge < -0.3 is 16.2 Å². The Kier molecular flexibility index (Phi) is 2.82. The average Bonchev–Trinajstić information content (AvgIpc) is 2.40. The van der Waals surface area contributed by atoms with Crippen LogP contribution in [0.15, 0.2) is 0 Å². The maximum Gasteiger partial charge on any atom is 0.0962 e. The van der Waals surface area contributed by atoms with Crippen molar-refractivity contribution in [2.24, 2.45) is 11.1 Å². The lowest BCUT2D eigenvalue weighted by molar-refractivity contribution is -0.123. The molecule has 1 heterocycles. The third kappa shape index (κ3) is 1.47. The first-order valence-corrected chi connectivity index (χ1v) is 5.86. The molecule has 0 bridgehead atoms. The minimum absolute atomic E-state index is 0.00868. The van der Waals surface area contributed by atoms with Crippen LogP contribution in [-0.4, -0.2) is 30.3 Å². The molecule has 14 heavy (non-hydrogen) atoms. The Labute approximate surface area is 86.1 Å². The number of nitrogens with two attached hydrogens (primary N) is 1. The molecule has 2 aliphatic rings. The Hall–Kier alpha value is -0.120. The van der Waals surface area contributed by atoms with Crippen LogP contribution in [0.4, 0.5) is 0 Å².